The van der Waals surface area contributed by atoms with Crippen molar-refractivity contribution in [1.29, 1.82) is 0 Å². The molecule has 13 heavy (non-hydrogen) atoms. The highest BCUT2D eigenvalue weighted by Crippen LogP contribution is 2.14. The molecule has 0 aromatic heterocycles. The van der Waals surface area contributed by atoms with E-state index in [4.69, 9.17) is 0 Å². The fourth-order valence-corrected chi connectivity index (χ4v) is 1.81. The van der Waals surface area contributed by atoms with Gasteiger partial charge >= 0.3 is 0 Å². The van der Waals surface area contributed by atoms with Crippen LogP contribution in [0.5, 0.6) is 0 Å². The fourth-order valence-electron chi connectivity index (χ4n) is 1.81. The van der Waals surface area contributed by atoms with Crippen molar-refractivity contribution < 1.29 is 0 Å². The number of rotatable bonds is 4. The summed E-state index contributed by atoms with van der Waals surface area (Å²) in [5.41, 5.74) is 0. The van der Waals surface area contributed by atoms with Crippen LogP contribution in [-0.2, 0) is 0 Å². The Morgan fingerprint density at radius 1 is 1.46 bits per heavy atom. The molecule has 0 saturated carbocycles. The van der Waals surface area contributed by atoms with Crippen LogP contribution in [0.1, 0.15) is 33.1 Å². The van der Waals surface area contributed by atoms with Crippen molar-refractivity contribution in [3.63, 3.8) is 0 Å². The van der Waals surface area contributed by atoms with Crippen molar-refractivity contribution in [2.75, 3.05) is 26.7 Å². The molecule has 0 amide bonds. The molecule has 1 N–H and O–H groups in total. The first-order chi connectivity index (χ1) is 6.20. The molecule has 1 atom stereocenters. The van der Waals surface area contributed by atoms with Crippen molar-refractivity contribution in [2.24, 2.45) is 5.92 Å². The van der Waals surface area contributed by atoms with Crippen LogP contribution in [0, 0.1) is 5.92 Å². The summed E-state index contributed by atoms with van der Waals surface area (Å²) in [5, 5.41) is 3.47. The van der Waals surface area contributed by atoms with Gasteiger partial charge in [0.2, 0.25) is 0 Å². The third-order valence-corrected chi connectivity index (χ3v) is 3.17. The minimum Gasteiger partial charge on any atom is -0.316 e. The Hall–Kier alpha value is -0.0800. The maximum absolute atomic E-state index is 3.47. The van der Waals surface area contributed by atoms with Gasteiger partial charge in [0.05, 0.1) is 0 Å². The van der Waals surface area contributed by atoms with E-state index < -0.39 is 0 Å². The van der Waals surface area contributed by atoms with Crippen LogP contribution < -0.4 is 5.32 Å². The summed E-state index contributed by atoms with van der Waals surface area (Å²) in [6, 6.07) is 0.691. The monoisotopic (exact) mass is 184 g/mol. The summed E-state index contributed by atoms with van der Waals surface area (Å²) in [5.74, 6) is 0.926. The summed E-state index contributed by atoms with van der Waals surface area (Å²) < 4.78 is 0. The first-order valence-electron chi connectivity index (χ1n) is 5.61. The van der Waals surface area contributed by atoms with Crippen molar-refractivity contribution in [1.82, 2.24) is 10.2 Å². The van der Waals surface area contributed by atoms with E-state index in [0.717, 1.165) is 5.92 Å². The quantitative estimate of drug-likeness (QED) is 0.715. The smallest absolute Gasteiger partial charge is 0.00355 e. The summed E-state index contributed by atoms with van der Waals surface area (Å²) >= 11 is 0. The van der Waals surface area contributed by atoms with Gasteiger partial charge in [-0.05, 0) is 65.7 Å². The number of nitrogens with one attached hydrogen (secondary N) is 1. The van der Waals surface area contributed by atoms with E-state index in [2.05, 4.69) is 31.1 Å². The molecular weight excluding hydrogens is 160 g/mol. The molecule has 2 nitrogen and oxygen atoms in total. The second-order valence-corrected chi connectivity index (χ2v) is 4.58. The zero-order valence-corrected chi connectivity index (χ0v) is 9.34. The van der Waals surface area contributed by atoms with Crippen LogP contribution >= 0.6 is 0 Å². The Morgan fingerprint density at radius 2 is 2.23 bits per heavy atom. The average Bonchev–Trinajstić information content (AvgIpc) is 2.15. The molecule has 78 valence electrons. The zero-order chi connectivity index (χ0) is 9.68. The van der Waals surface area contributed by atoms with E-state index in [0.29, 0.717) is 6.04 Å². The summed E-state index contributed by atoms with van der Waals surface area (Å²) in [4.78, 5) is 2.44. The van der Waals surface area contributed by atoms with Gasteiger partial charge in [-0.15, -0.1) is 0 Å². The molecule has 1 fully saturated rings. The molecule has 0 aromatic carbocycles. The van der Waals surface area contributed by atoms with Gasteiger partial charge in [-0.1, -0.05) is 0 Å². The highest BCUT2D eigenvalue weighted by Gasteiger charge is 2.13. The van der Waals surface area contributed by atoms with Gasteiger partial charge in [0.1, 0.15) is 0 Å². The second-order valence-electron chi connectivity index (χ2n) is 4.58. The van der Waals surface area contributed by atoms with Crippen LogP contribution in [0.2, 0.25) is 0 Å². The predicted octanol–water partition coefficient (Wildman–Crippen LogP) is 1.72. The Morgan fingerprint density at radius 3 is 2.77 bits per heavy atom. The number of piperidine rings is 1. The minimum atomic E-state index is 0.691. The first kappa shape index (κ1) is 11.0. The van der Waals surface area contributed by atoms with Gasteiger partial charge < -0.3 is 10.2 Å². The SMILES string of the molecule is CC(C)N(C)CCC1CCCNC1. The van der Waals surface area contributed by atoms with E-state index in [1.165, 1.54) is 38.9 Å². The maximum atomic E-state index is 3.47. The lowest BCUT2D eigenvalue weighted by atomic mass is 9.96. The van der Waals surface area contributed by atoms with Gasteiger partial charge in [-0.3, -0.25) is 0 Å². The van der Waals surface area contributed by atoms with Crippen molar-refractivity contribution in [3.05, 3.63) is 0 Å². The normalized spacial score (nSPS) is 24.2. The van der Waals surface area contributed by atoms with Crippen molar-refractivity contribution >= 4 is 0 Å². The Bertz CT molecular complexity index is 128. The van der Waals surface area contributed by atoms with Crippen LogP contribution in [0.25, 0.3) is 0 Å². The second kappa shape index (κ2) is 5.61. The van der Waals surface area contributed by atoms with Crippen molar-refractivity contribution in [3.8, 4) is 0 Å². The predicted molar refractivity (Wildman–Crippen MR) is 58.0 cm³/mol. The van der Waals surface area contributed by atoms with Crippen LogP contribution in [0.15, 0.2) is 0 Å². The highest BCUT2D eigenvalue weighted by molar-refractivity contribution is 4.70. The molecule has 0 aromatic rings. The lowest BCUT2D eigenvalue weighted by Crippen LogP contribution is -2.34. The largest absolute Gasteiger partial charge is 0.316 e. The molecule has 0 spiro atoms. The molecule has 0 bridgehead atoms. The third kappa shape index (κ3) is 4.10. The molecule has 1 saturated heterocycles. The standard InChI is InChI=1S/C11H24N2/c1-10(2)13(3)8-6-11-5-4-7-12-9-11/h10-12H,4-9H2,1-3H3. The molecule has 1 heterocycles. The first-order valence-corrected chi connectivity index (χ1v) is 5.61. The number of nitrogens with zero attached hydrogens (tertiary/aromatic N) is 1. The van der Waals surface area contributed by atoms with E-state index in [9.17, 15) is 0 Å². The molecule has 1 aliphatic rings. The average molecular weight is 184 g/mol. The molecule has 0 radical (unpaired) electrons. The summed E-state index contributed by atoms with van der Waals surface area (Å²) in [7, 11) is 2.22. The van der Waals surface area contributed by atoms with Gasteiger partial charge in [-0.25, -0.2) is 0 Å². The van der Waals surface area contributed by atoms with Crippen LogP contribution in [-0.4, -0.2) is 37.6 Å². The lowest BCUT2D eigenvalue weighted by molar-refractivity contribution is 0.236. The maximum Gasteiger partial charge on any atom is 0.00355 e. The zero-order valence-electron chi connectivity index (χ0n) is 9.34. The Labute approximate surface area is 82.7 Å². The van der Waals surface area contributed by atoms with Gasteiger partial charge in [0.15, 0.2) is 0 Å². The van der Waals surface area contributed by atoms with Crippen LogP contribution in [0.4, 0.5) is 0 Å². The molecule has 2 heteroatoms. The topological polar surface area (TPSA) is 15.3 Å². The molecular formula is C11H24N2. The van der Waals surface area contributed by atoms with Crippen molar-refractivity contribution in [2.45, 2.75) is 39.2 Å². The number of hydrogen-bond acceptors (Lipinski definition) is 2. The van der Waals surface area contributed by atoms with Gasteiger partial charge in [0, 0.05) is 6.04 Å². The Kier molecular flexibility index (Phi) is 4.74. The number of hydrogen-bond donors (Lipinski definition) is 1. The Balaban J connectivity index is 2.10. The highest BCUT2D eigenvalue weighted by atomic mass is 15.1. The molecule has 1 rings (SSSR count). The summed E-state index contributed by atoms with van der Waals surface area (Å²) in [6.45, 7) is 8.25. The van der Waals surface area contributed by atoms with Crippen LogP contribution in [0.3, 0.4) is 0 Å². The third-order valence-electron chi connectivity index (χ3n) is 3.17. The lowest BCUT2D eigenvalue weighted by Gasteiger charge is -2.27. The van der Waals surface area contributed by atoms with Gasteiger partial charge in [0.25, 0.3) is 0 Å². The summed E-state index contributed by atoms with van der Waals surface area (Å²) in [6.07, 6.45) is 4.16. The van der Waals surface area contributed by atoms with E-state index in [-0.39, 0.29) is 0 Å². The molecule has 0 aliphatic carbocycles. The van der Waals surface area contributed by atoms with E-state index >= 15 is 0 Å². The fraction of sp³-hybridized carbons (Fsp3) is 1.00. The van der Waals surface area contributed by atoms with Gasteiger partial charge in [-0.2, -0.15) is 0 Å². The molecule has 1 unspecified atom stereocenters. The van der Waals surface area contributed by atoms with E-state index in [1.807, 2.05) is 0 Å². The molecule has 1 aliphatic heterocycles. The minimum absolute atomic E-state index is 0.691. The van der Waals surface area contributed by atoms with E-state index in [1.54, 1.807) is 0 Å².